The van der Waals surface area contributed by atoms with E-state index >= 15 is 0 Å². The molecular weight excluding hydrogens is 340 g/mol. The molecule has 0 aliphatic heterocycles. The average Bonchev–Trinajstić information content (AvgIpc) is 2.92. The fourth-order valence-electron chi connectivity index (χ4n) is 2.29. The summed E-state index contributed by atoms with van der Waals surface area (Å²) in [5.41, 5.74) is 1.45. The lowest BCUT2D eigenvalue weighted by atomic mass is 10.2. The third-order valence-corrected chi connectivity index (χ3v) is 4.64. The maximum Gasteiger partial charge on any atom is 0.307 e. The van der Waals surface area contributed by atoms with Crippen LogP contribution in [0.25, 0.3) is 0 Å². The number of thiazole rings is 1. The van der Waals surface area contributed by atoms with Crippen LogP contribution < -0.4 is 19.7 Å². The fraction of sp³-hybridized carbons (Fsp3) is 0.444. The van der Waals surface area contributed by atoms with E-state index in [0.717, 1.165) is 29.9 Å². The number of ether oxygens (including phenoxy) is 2. The van der Waals surface area contributed by atoms with Gasteiger partial charge in [0.05, 0.1) is 19.4 Å². The van der Waals surface area contributed by atoms with Crippen LogP contribution in [0.15, 0.2) is 28.4 Å². The second kappa shape index (κ2) is 9.27. The lowest BCUT2D eigenvalue weighted by Gasteiger charge is -2.14. The lowest BCUT2D eigenvalue weighted by molar-refractivity contribution is -0.116. The summed E-state index contributed by atoms with van der Waals surface area (Å²) < 4.78 is 12.6. The van der Waals surface area contributed by atoms with E-state index in [0.29, 0.717) is 30.3 Å². The third kappa shape index (κ3) is 5.35. The minimum atomic E-state index is -0.175. The molecule has 2 aromatic rings. The van der Waals surface area contributed by atoms with Crippen molar-refractivity contribution >= 4 is 22.9 Å². The summed E-state index contributed by atoms with van der Waals surface area (Å²) in [6, 6.07) is 5.32. The van der Waals surface area contributed by atoms with Gasteiger partial charge in [-0.25, -0.2) is 0 Å². The van der Waals surface area contributed by atoms with Gasteiger partial charge in [-0.2, -0.15) is 0 Å². The largest absolute Gasteiger partial charge is 0.497 e. The molecule has 0 atom stereocenters. The van der Waals surface area contributed by atoms with E-state index in [1.54, 1.807) is 35.3 Å². The van der Waals surface area contributed by atoms with E-state index in [-0.39, 0.29) is 17.2 Å². The summed E-state index contributed by atoms with van der Waals surface area (Å²) in [7, 11) is 1.57. The number of carbonyl (C=O) groups is 1. The number of nitrogens with zero attached hydrogens (tertiary/aromatic N) is 1. The van der Waals surface area contributed by atoms with Crippen LogP contribution in [0.1, 0.15) is 31.9 Å². The van der Waals surface area contributed by atoms with E-state index in [4.69, 9.17) is 9.47 Å². The molecule has 0 spiro atoms. The molecule has 6 nitrogen and oxygen atoms in total. The highest BCUT2D eigenvalue weighted by Gasteiger charge is 2.11. The zero-order valence-electron chi connectivity index (χ0n) is 14.8. The molecule has 0 aliphatic carbocycles. The normalized spacial score (nSPS) is 10.5. The Labute approximate surface area is 151 Å². The maximum atomic E-state index is 12.3. The van der Waals surface area contributed by atoms with E-state index in [9.17, 15) is 9.59 Å². The van der Waals surface area contributed by atoms with Gasteiger partial charge in [0.2, 0.25) is 5.91 Å². The first-order valence-corrected chi connectivity index (χ1v) is 9.18. The van der Waals surface area contributed by atoms with E-state index in [1.165, 1.54) is 0 Å². The van der Waals surface area contributed by atoms with Crippen molar-refractivity contribution in [1.29, 1.82) is 0 Å². The van der Waals surface area contributed by atoms with Crippen molar-refractivity contribution in [2.75, 3.05) is 19.0 Å². The second-order valence-corrected chi connectivity index (χ2v) is 6.48. The van der Waals surface area contributed by atoms with Crippen molar-refractivity contribution in [3.05, 3.63) is 38.9 Å². The molecule has 7 heteroatoms. The molecule has 1 aromatic heterocycles. The number of hydrogen-bond acceptors (Lipinski definition) is 5. The molecule has 136 valence electrons. The van der Waals surface area contributed by atoms with Crippen molar-refractivity contribution in [2.24, 2.45) is 0 Å². The Morgan fingerprint density at radius 1 is 1.36 bits per heavy atom. The van der Waals surface area contributed by atoms with Crippen molar-refractivity contribution in [1.82, 2.24) is 4.57 Å². The van der Waals surface area contributed by atoms with Crippen LogP contribution in [0.2, 0.25) is 0 Å². The standard InChI is InChI=1S/C18H24N2O4S/c1-4-5-10-24-16-7-6-14(23-3)11-15(16)19-17(21)8-9-20-13(2)12-25-18(20)22/h6-7,11-12H,4-5,8-10H2,1-3H3,(H,19,21). The van der Waals surface area contributed by atoms with E-state index in [2.05, 4.69) is 12.2 Å². The summed E-state index contributed by atoms with van der Waals surface area (Å²) in [6.45, 7) is 4.90. The van der Waals surface area contributed by atoms with Crippen LogP contribution in [-0.2, 0) is 11.3 Å². The first kappa shape index (κ1) is 19.1. The van der Waals surface area contributed by atoms with Crippen LogP contribution in [0, 0.1) is 6.92 Å². The third-order valence-electron chi connectivity index (χ3n) is 3.76. The Balaban J connectivity index is 2.03. The van der Waals surface area contributed by atoms with Gasteiger partial charge in [0.15, 0.2) is 0 Å². The van der Waals surface area contributed by atoms with E-state index in [1.807, 2.05) is 6.92 Å². The van der Waals surface area contributed by atoms with Crippen molar-refractivity contribution in [3.63, 3.8) is 0 Å². The molecule has 25 heavy (non-hydrogen) atoms. The van der Waals surface area contributed by atoms with Gasteiger partial charge in [0.1, 0.15) is 11.5 Å². The Morgan fingerprint density at radius 3 is 2.80 bits per heavy atom. The molecule has 2 rings (SSSR count). The van der Waals surface area contributed by atoms with Gasteiger partial charge in [0.25, 0.3) is 0 Å². The zero-order valence-corrected chi connectivity index (χ0v) is 15.6. The molecule has 0 fully saturated rings. The fourth-order valence-corrected chi connectivity index (χ4v) is 3.05. The number of aryl methyl sites for hydroxylation is 1. The SMILES string of the molecule is CCCCOc1ccc(OC)cc1NC(=O)CCn1c(C)csc1=O. The van der Waals surface area contributed by atoms with Crippen molar-refractivity contribution < 1.29 is 14.3 Å². The molecule has 1 N–H and O–H groups in total. The molecule has 0 aliphatic rings. The van der Waals surface area contributed by atoms with Gasteiger partial charge in [-0.05, 0) is 25.5 Å². The number of carbonyl (C=O) groups excluding carboxylic acids is 1. The smallest absolute Gasteiger partial charge is 0.307 e. The molecule has 1 amide bonds. The topological polar surface area (TPSA) is 69.6 Å². The highest BCUT2D eigenvalue weighted by Crippen LogP contribution is 2.29. The molecule has 0 unspecified atom stereocenters. The minimum absolute atomic E-state index is 0.0460. The second-order valence-electron chi connectivity index (χ2n) is 5.66. The number of unbranched alkanes of at least 4 members (excludes halogenated alkanes) is 1. The highest BCUT2D eigenvalue weighted by atomic mass is 32.1. The number of methoxy groups -OCH3 is 1. The van der Waals surface area contributed by atoms with Gasteiger partial charge in [-0.1, -0.05) is 24.7 Å². The Morgan fingerprint density at radius 2 is 2.16 bits per heavy atom. The van der Waals surface area contributed by atoms with Gasteiger partial charge >= 0.3 is 4.87 Å². The first-order valence-electron chi connectivity index (χ1n) is 8.30. The predicted molar refractivity (Wildman–Crippen MR) is 100.0 cm³/mol. The summed E-state index contributed by atoms with van der Waals surface area (Å²) in [4.78, 5) is 24.0. The van der Waals surface area contributed by atoms with Crippen LogP contribution >= 0.6 is 11.3 Å². The van der Waals surface area contributed by atoms with Crippen molar-refractivity contribution in [2.45, 2.75) is 39.7 Å². The summed E-state index contributed by atoms with van der Waals surface area (Å²) in [5, 5.41) is 4.65. The number of hydrogen-bond donors (Lipinski definition) is 1. The van der Waals surface area contributed by atoms with Gasteiger partial charge in [-0.3, -0.25) is 9.59 Å². The van der Waals surface area contributed by atoms with Crippen molar-refractivity contribution in [3.8, 4) is 11.5 Å². The van der Waals surface area contributed by atoms with Crippen LogP contribution in [0.5, 0.6) is 11.5 Å². The summed E-state index contributed by atoms with van der Waals surface area (Å²) in [6.07, 6.45) is 2.19. The van der Waals surface area contributed by atoms with E-state index < -0.39 is 0 Å². The number of benzene rings is 1. The Kier molecular flexibility index (Phi) is 7.06. The Hall–Kier alpha value is -2.28. The minimum Gasteiger partial charge on any atom is -0.497 e. The predicted octanol–water partition coefficient (Wildman–Crippen LogP) is 3.43. The molecular formula is C18H24N2O4S. The summed E-state index contributed by atoms with van der Waals surface area (Å²) in [5.74, 6) is 1.08. The quantitative estimate of drug-likeness (QED) is 0.692. The van der Waals surface area contributed by atoms with Crippen LogP contribution in [-0.4, -0.2) is 24.2 Å². The molecule has 1 heterocycles. The number of nitrogens with one attached hydrogen (secondary N) is 1. The average molecular weight is 364 g/mol. The van der Waals surface area contributed by atoms with Gasteiger partial charge < -0.3 is 19.4 Å². The number of rotatable bonds is 9. The number of amides is 1. The molecule has 0 radical (unpaired) electrons. The van der Waals surface area contributed by atoms with Gasteiger partial charge in [0, 0.05) is 30.1 Å². The highest BCUT2D eigenvalue weighted by molar-refractivity contribution is 7.07. The Bertz CT molecular complexity index is 767. The molecule has 1 aromatic carbocycles. The first-order chi connectivity index (χ1) is 12.0. The molecule has 0 bridgehead atoms. The molecule has 0 saturated carbocycles. The van der Waals surface area contributed by atoms with Gasteiger partial charge in [-0.15, -0.1) is 0 Å². The summed E-state index contributed by atoms with van der Waals surface area (Å²) >= 11 is 1.14. The monoisotopic (exact) mass is 364 g/mol. The van der Waals surface area contributed by atoms with Crippen LogP contribution in [0.4, 0.5) is 5.69 Å². The number of anilines is 1. The maximum absolute atomic E-state index is 12.3. The molecule has 0 saturated heterocycles. The number of aromatic nitrogens is 1. The van der Waals surface area contributed by atoms with Crippen LogP contribution in [0.3, 0.4) is 0 Å². The lowest BCUT2D eigenvalue weighted by Crippen LogP contribution is -2.20. The zero-order chi connectivity index (χ0) is 18.2.